The van der Waals surface area contributed by atoms with Crippen molar-refractivity contribution < 1.29 is 0 Å². The van der Waals surface area contributed by atoms with Crippen LogP contribution in [0.2, 0.25) is 0 Å². The highest BCUT2D eigenvalue weighted by molar-refractivity contribution is 5.78. The number of para-hydroxylation sites is 2. The number of anilines is 1. The lowest BCUT2D eigenvalue weighted by atomic mass is 10.2. The molecule has 0 atom stereocenters. The van der Waals surface area contributed by atoms with Gasteiger partial charge in [-0.15, -0.1) is 0 Å². The Morgan fingerprint density at radius 2 is 1.72 bits per heavy atom. The molecule has 3 aromatic rings. The van der Waals surface area contributed by atoms with Gasteiger partial charge in [-0.3, -0.25) is 0 Å². The number of fused-ring (bicyclic) bond motifs is 1. The molecule has 0 unspecified atom stereocenters. The monoisotopic (exact) mass is 237 g/mol. The summed E-state index contributed by atoms with van der Waals surface area (Å²) in [5.74, 6) is 0.903. The highest BCUT2D eigenvalue weighted by Gasteiger charge is 2.05. The van der Waals surface area contributed by atoms with E-state index >= 15 is 0 Å². The second-order valence-electron chi connectivity index (χ2n) is 4.32. The molecule has 0 amide bonds. The van der Waals surface area contributed by atoms with Crippen molar-refractivity contribution in [2.45, 2.75) is 6.54 Å². The van der Waals surface area contributed by atoms with E-state index in [0.29, 0.717) is 0 Å². The fraction of sp³-hybridized carbons (Fsp3) is 0.133. The predicted octanol–water partition coefficient (Wildman–Crippen LogP) is 3.19. The van der Waals surface area contributed by atoms with Gasteiger partial charge in [-0.25, -0.2) is 4.98 Å². The first-order chi connectivity index (χ1) is 8.84. The third-order valence-corrected chi connectivity index (χ3v) is 3.08. The number of imidazole rings is 1. The van der Waals surface area contributed by atoms with E-state index in [4.69, 9.17) is 0 Å². The van der Waals surface area contributed by atoms with E-state index < -0.39 is 0 Å². The average Bonchev–Trinajstić information content (AvgIpc) is 2.75. The van der Waals surface area contributed by atoms with Gasteiger partial charge in [0, 0.05) is 13.6 Å². The summed E-state index contributed by atoms with van der Waals surface area (Å²) in [5, 5.41) is 3.37. The Morgan fingerprint density at radius 3 is 2.50 bits per heavy atom. The molecule has 18 heavy (non-hydrogen) atoms. The SMILES string of the molecule is Cn1c(NCc2ccccc2)nc2ccccc21. The maximum atomic E-state index is 4.58. The first kappa shape index (κ1) is 10.8. The van der Waals surface area contributed by atoms with Crippen LogP contribution in [0, 0.1) is 0 Å². The third-order valence-electron chi connectivity index (χ3n) is 3.08. The first-order valence-electron chi connectivity index (χ1n) is 6.04. The molecular weight excluding hydrogens is 222 g/mol. The average molecular weight is 237 g/mol. The number of nitrogens with one attached hydrogen (secondary N) is 1. The van der Waals surface area contributed by atoms with Gasteiger partial charge in [-0.05, 0) is 17.7 Å². The summed E-state index contributed by atoms with van der Waals surface area (Å²) >= 11 is 0. The molecule has 0 spiro atoms. The van der Waals surface area contributed by atoms with Gasteiger partial charge in [0.15, 0.2) is 0 Å². The largest absolute Gasteiger partial charge is 0.352 e. The Labute approximate surface area is 106 Å². The van der Waals surface area contributed by atoms with Gasteiger partial charge in [0.1, 0.15) is 0 Å². The number of aryl methyl sites for hydroxylation is 1. The fourth-order valence-electron chi connectivity index (χ4n) is 2.08. The quantitative estimate of drug-likeness (QED) is 0.758. The summed E-state index contributed by atoms with van der Waals surface area (Å²) in [6.07, 6.45) is 0. The molecule has 0 aliphatic heterocycles. The zero-order valence-electron chi connectivity index (χ0n) is 10.3. The molecule has 1 heterocycles. The van der Waals surface area contributed by atoms with E-state index in [1.807, 2.05) is 43.4 Å². The zero-order chi connectivity index (χ0) is 12.4. The molecule has 90 valence electrons. The van der Waals surface area contributed by atoms with E-state index in [-0.39, 0.29) is 0 Å². The van der Waals surface area contributed by atoms with Gasteiger partial charge >= 0.3 is 0 Å². The van der Waals surface area contributed by atoms with Crippen LogP contribution in [0.1, 0.15) is 5.56 Å². The van der Waals surface area contributed by atoms with Gasteiger partial charge in [0.05, 0.1) is 11.0 Å². The van der Waals surface area contributed by atoms with Crippen molar-refractivity contribution in [1.82, 2.24) is 9.55 Å². The molecular formula is C15H15N3. The van der Waals surface area contributed by atoms with Crippen LogP contribution in [0.5, 0.6) is 0 Å². The van der Waals surface area contributed by atoms with Crippen molar-refractivity contribution >= 4 is 17.0 Å². The van der Waals surface area contributed by atoms with Crippen LogP contribution in [-0.4, -0.2) is 9.55 Å². The molecule has 3 heteroatoms. The molecule has 3 rings (SSSR count). The molecule has 0 radical (unpaired) electrons. The highest BCUT2D eigenvalue weighted by Crippen LogP contribution is 2.17. The topological polar surface area (TPSA) is 29.9 Å². The minimum absolute atomic E-state index is 0.790. The number of benzene rings is 2. The molecule has 0 bridgehead atoms. The molecule has 2 aromatic carbocycles. The second-order valence-corrected chi connectivity index (χ2v) is 4.32. The number of nitrogens with zero attached hydrogens (tertiary/aromatic N) is 2. The van der Waals surface area contributed by atoms with Gasteiger partial charge in [0.25, 0.3) is 0 Å². The minimum atomic E-state index is 0.790. The smallest absolute Gasteiger partial charge is 0.203 e. The fourth-order valence-corrected chi connectivity index (χ4v) is 2.08. The molecule has 0 fully saturated rings. The Balaban J connectivity index is 1.85. The first-order valence-corrected chi connectivity index (χ1v) is 6.04. The molecule has 0 aliphatic rings. The third kappa shape index (κ3) is 1.95. The van der Waals surface area contributed by atoms with Crippen LogP contribution in [-0.2, 0) is 13.6 Å². The number of hydrogen-bond acceptors (Lipinski definition) is 2. The lowest BCUT2D eigenvalue weighted by Gasteiger charge is -2.06. The lowest BCUT2D eigenvalue weighted by Crippen LogP contribution is -2.04. The number of rotatable bonds is 3. The van der Waals surface area contributed by atoms with Crippen molar-refractivity contribution in [2.75, 3.05) is 5.32 Å². The zero-order valence-corrected chi connectivity index (χ0v) is 10.3. The van der Waals surface area contributed by atoms with Crippen LogP contribution in [0.3, 0.4) is 0 Å². The Bertz CT molecular complexity index is 656. The molecule has 1 aromatic heterocycles. The summed E-state index contributed by atoms with van der Waals surface area (Å²) in [5.41, 5.74) is 3.42. The molecule has 0 saturated carbocycles. The predicted molar refractivity (Wildman–Crippen MR) is 74.5 cm³/mol. The van der Waals surface area contributed by atoms with E-state index in [1.165, 1.54) is 5.56 Å². The highest BCUT2D eigenvalue weighted by atomic mass is 15.2. The Hall–Kier alpha value is -2.29. The number of aromatic nitrogens is 2. The lowest BCUT2D eigenvalue weighted by molar-refractivity contribution is 0.927. The molecule has 0 saturated heterocycles. The van der Waals surface area contributed by atoms with E-state index in [2.05, 4.69) is 33.1 Å². The standard InChI is InChI=1S/C15H15N3/c1-18-14-10-6-5-9-13(14)17-15(18)16-11-12-7-3-2-4-8-12/h2-10H,11H2,1H3,(H,16,17). The van der Waals surface area contributed by atoms with Crippen LogP contribution in [0.4, 0.5) is 5.95 Å². The van der Waals surface area contributed by atoms with Gasteiger partial charge in [0.2, 0.25) is 5.95 Å². The van der Waals surface area contributed by atoms with Gasteiger partial charge in [-0.1, -0.05) is 42.5 Å². The van der Waals surface area contributed by atoms with E-state index in [0.717, 1.165) is 23.5 Å². The molecule has 0 aliphatic carbocycles. The normalized spacial score (nSPS) is 10.7. The van der Waals surface area contributed by atoms with Crippen LogP contribution in [0.25, 0.3) is 11.0 Å². The summed E-state index contributed by atoms with van der Waals surface area (Å²) in [6, 6.07) is 18.5. The summed E-state index contributed by atoms with van der Waals surface area (Å²) in [6.45, 7) is 0.790. The van der Waals surface area contributed by atoms with Crippen molar-refractivity contribution in [3.05, 3.63) is 60.2 Å². The maximum absolute atomic E-state index is 4.58. The van der Waals surface area contributed by atoms with Crippen molar-refractivity contribution in [1.29, 1.82) is 0 Å². The second kappa shape index (κ2) is 4.53. The van der Waals surface area contributed by atoms with Crippen LogP contribution < -0.4 is 5.32 Å². The van der Waals surface area contributed by atoms with Crippen molar-refractivity contribution in [3.63, 3.8) is 0 Å². The number of hydrogen-bond donors (Lipinski definition) is 1. The van der Waals surface area contributed by atoms with Crippen molar-refractivity contribution in [3.8, 4) is 0 Å². The molecule has 1 N–H and O–H groups in total. The summed E-state index contributed by atoms with van der Waals surface area (Å²) in [4.78, 5) is 4.58. The summed E-state index contributed by atoms with van der Waals surface area (Å²) in [7, 11) is 2.03. The summed E-state index contributed by atoms with van der Waals surface area (Å²) < 4.78 is 2.08. The van der Waals surface area contributed by atoms with Crippen LogP contribution >= 0.6 is 0 Å². The maximum Gasteiger partial charge on any atom is 0.203 e. The minimum Gasteiger partial charge on any atom is -0.352 e. The van der Waals surface area contributed by atoms with Crippen LogP contribution in [0.15, 0.2) is 54.6 Å². The van der Waals surface area contributed by atoms with Gasteiger partial charge in [-0.2, -0.15) is 0 Å². The Kier molecular flexibility index (Phi) is 2.73. The Morgan fingerprint density at radius 1 is 1.00 bits per heavy atom. The van der Waals surface area contributed by atoms with E-state index in [9.17, 15) is 0 Å². The van der Waals surface area contributed by atoms with Gasteiger partial charge < -0.3 is 9.88 Å². The van der Waals surface area contributed by atoms with E-state index in [1.54, 1.807) is 0 Å². The molecule has 3 nitrogen and oxygen atoms in total. The van der Waals surface area contributed by atoms with Crippen molar-refractivity contribution in [2.24, 2.45) is 7.05 Å².